The predicted octanol–water partition coefficient (Wildman–Crippen LogP) is 4.51. The lowest BCUT2D eigenvalue weighted by Gasteiger charge is -2.10. The van der Waals surface area contributed by atoms with Crippen LogP contribution in [0.5, 0.6) is 0 Å². The molecule has 0 rings (SSSR count). The lowest BCUT2D eigenvalue weighted by molar-refractivity contribution is -0.150. The smallest absolute Gasteiger partial charge is 0.321 e. The maximum absolute atomic E-state index is 12.1. The summed E-state index contributed by atoms with van der Waals surface area (Å²) in [4.78, 5) is 47.3. The van der Waals surface area contributed by atoms with Crippen molar-refractivity contribution in [1.82, 2.24) is 0 Å². The SMILES string of the molecule is CCCCCCCC(=O)CC(=O)C(C(=O)O)C(=O)CCCCCCC. The number of carbonyl (C=O) groups excluding carboxylic acids is 3. The van der Waals surface area contributed by atoms with Crippen molar-refractivity contribution >= 4 is 23.3 Å². The Morgan fingerprint density at radius 1 is 0.680 bits per heavy atom. The van der Waals surface area contributed by atoms with Crippen molar-refractivity contribution in [2.24, 2.45) is 5.92 Å². The second-order valence-corrected chi connectivity index (χ2v) is 6.75. The van der Waals surface area contributed by atoms with Gasteiger partial charge in [0.05, 0.1) is 6.42 Å². The van der Waals surface area contributed by atoms with E-state index in [4.69, 9.17) is 0 Å². The Hall–Kier alpha value is -1.52. The third kappa shape index (κ3) is 11.6. The molecule has 0 spiro atoms. The molecule has 144 valence electrons. The molecule has 1 unspecified atom stereocenters. The molecule has 0 radical (unpaired) electrons. The minimum Gasteiger partial charge on any atom is -0.480 e. The predicted molar refractivity (Wildman–Crippen MR) is 97.5 cm³/mol. The summed E-state index contributed by atoms with van der Waals surface area (Å²) in [6.07, 6.45) is 9.54. The zero-order chi connectivity index (χ0) is 19.1. The largest absolute Gasteiger partial charge is 0.480 e. The van der Waals surface area contributed by atoms with Gasteiger partial charge in [-0.2, -0.15) is 0 Å². The summed E-state index contributed by atoms with van der Waals surface area (Å²) in [5.41, 5.74) is 0. The Morgan fingerprint density at radius 2 is 1.16 bits per heavy atom. The van der Waals surface area contributed by atoms with E-state index in [2.05, 4.69) is 13.8 Å². The van der Waals surface area contributed by atoms with E-state index >= 15 is 0 Å². The first-order valence-electron chi connectivity index (χ1n) is 9.73. The number of hydrogen-bond acceptors (Lipinski definition) is 4. The summed E-state index contributed by atoms with van der Waals surface area (Å²) < 4.78 is 0. The quantitative estimate of drug-likeness (QED) is 0.307. The van der Waals surface area contributed by atoms with Crippen LogP contribution in [0.2, 0.25) is 0 Å². The summed E-state index contributed by atoms with van der Waals surface area (Å²) in [5, 5.41) is 9.19. The molecule has 0 aromatic carbocycles. The Morgan fingerprint density at radius 3 is 1.64 bits per heavy atom. The van der Waals surface area contributed by atoms with Crippen LogP contribution in [-0.4, -0.2) is 28.4 Å². The summed E-state index contributed by atoms with van der Waals surface area (Å²) in [6.45, 7) is 4.20. The molecular weight excluding hydrogens is 320 g/mol. The molecule has 0 aliphatic rings. The molecule has 0 aliphatic heterocycles. The highest BCUT2D eigenvalue weighted by molar-refractivity contribution is 6.20. The number of carboxylic acid groups (broad SMARTS) is 1. The van der Waals surface area contributed by atoms with E-state index in [1.165, 1.54) is 0 Å². The number of Topliss-reactive ketones (excluding diaryl/α,β-unsaturated/α-hetero) is 3. The van der Waals surface area contributed by atoms with Crippen molar-refractivity contribution in [1.29, 1.82) is 0 Å². The van der Waals surface area contributed by atoms with Gasteiger partial charge in [0.25, 0.3) is 0 Å². The molecule has 5 nitrogen and oxygen atoms in total. The monoisotopic (exact) mass is 354 g/mol. The van der Waals surface area contributed by atoms with Gasteiger partial charge in [-0.1, -0.05) is 65.2 Å². The Bertz CT molecular complexity index is 428. The number of hydrogen-bond donors (Lipinski definition) is 1. The number of ketones is 3. The highest BCUT2D eigenvalue weighted by Gasteiger charge is 2.33. The molecule has 0 aromatic heterocycles. The fourth-order valence-corrected chi connectivity index (χ4v) is 2.81. The first kappa shape index (κ1) is 23.5. The van der Waals surface area contributed by atoms with Crippen LogP contribution in [0, 0.1) is 5.92 Å². The standard InChI is InChI=1S/C20H34O5/c1-3-5-7-9-11-13-16(21)15-18(23)19(20(24)25)17(22)14-12-10-8-6-4-2/h19H,3-15H2,1-2H3,(H,24,25). The van der Waals surface area contributed by atoms with Crippen LogP contribution in [0.3, 0.4) is 0 Å². The van der Waals surface area contributed by atoms with Crippen molar-refractivity contribution < 1.29 is 24.3 Å². The van der Waals surface area contributed by atoms with Crippen molar-refractivity contribution in [3.63, 3.8) is 0 Å². The van der Waals surface area contributed by atoms with Gasteiger partial charge in [-0.05, 0) is 12.8 Å². The fourth-order valence-electron chi connectivity index (χ4n) is 2.81. The highest BCUT2D eigenvalue weighted by atomic mass is 16.4. The number of unbranched alkanes of at least 4 members (excludes halogenated alkanes) is 8. The number of aliphatic carboxylic acids is 1. The van der Waals surface area contributed by atoms with Gasteiger partial charge in [0.2, 0.25) is 0 Å². The molecule has 0 aromatic rings. The minimum absolute atomic E-state index is 0.0949. The van der Waals surface area contributed by atoms with E-state index in [-0.39, 0.29) is 18.6 Å². The molecule has 0 amide bonds. The van der Waals surface area contributed by atoms with Crippen molar-refractivity contribution in [3.8, 4) is 0 Å². The molecule has 0 aliphatic carbocycles. The van der Waals surface area contributed by atoms with Gasteiger partial charge in [0, 0.05) is 12.8 Å². The van der Waals surface area contributed by atoms with Crippen LogP contribution < -0.4 is 0 Å². The van der Waals surface area contributed by atoms with E-state index in [0.29, 0.717) is 6.42 Å². The Kier molecular flexibility index (Phi) is 13.9. The van der Waals surface area contributed by atoms with E-state index in [1.54, 1.807) is 0 Å². The maximum Gasteiger partial charge on any atom is 0.321 e. The first-order valence-corrected chi connectivity index (χ1v) is 9.73. The zero-order valence-corrected chi connectivity index (χ0v) is 15.8. The van der Waals surface area contributed by atoms with E-state index < -0.39 is 29.9 Å². The molecule has 0 heterocycles. The van der Waals surface area contributed by atoms with Crippen molar-refractivity contribution in [3.05, 3.63) is 0 Å². The molecule has 1 atom stereocenters. The van der Waals surface area contributed by atoms with Crippen LogP contribution >= 0.6 is 0 Å². The normalized spacial score (nSPS) is 11.9. The van der Waals surface area contributed by atoms with Crippen LogP contribution in [0.15, 0.2) is 0 Å². The van der Waals surface area contributed by atoms with Gasteiger partial charge in [-0.3, -0.25) is 19.2 Å². The molecule has 0 fully saturated rings. The highest BCUT2D eigenvalue weighted by Crippen LogP contribution is 2.14. The molecule has 0 saturated carbocycles. The zero-order valence-electron chi connectivity index (χ0n) is 15.8. The lowest BCUT2D eigenvalue weighted by atomic mass is 9.91. The van der Waals surface area contributed by atoms with Crippen molar-refractivity contribution in [2.45, 2.75) is 97.3 Å². The molecule has 5 heteroatoms. The van der Waals surface area contributed by atoms with Crippen LogP contribution in [0.4, 0.5) is 0 Å². The molecule has 25 heavy (non-hydrogen) atoms. The van der Waals surface area contributed by atoms with Gasteiger partial charge in [0.15, 0.2) is 17.5 Å². The number of rotatable bonds is 17. The lowest BCUT2D eigenvalue weighted by Crippen LogP contribution is -2.33. The molecule has 0 saturated heterocycles. The minimum atomic E-state index is -1.67. The average molecular weight is 354 g/mol. The Balaban J connectivity index is 4.27. The summed E-state index contributed by atoms with van der Waals surface area (Å²) in [5.74, 6) is -4.69. The van der Waals surface area contributed by atoms with Gasteiger partial charge in [-0.15, -0.1) is 0 Å². The second-order valence-electron chi connectivity index (χ2n) is 6.75. The first-order chi connectivity index (χ1) is 11.9. The molecular formula is C20H34O5. The average Bonchev–Trinajstić information content (AvgIpc) is 2.54. The van der Waals surface area contributed by atoms with Crippen LogP contribution in [0.1, 0.15) is 97.3 Å². The second kappa shape index (κ2) is 14.8. The van der Waals surface area contributed by atoms with Gasteiger partial charge < -0.3 is 5.11 Å². The third-order valence-corrected chi connectivity index (χ3v) is 4.35. The summed E-state index contributed by atoms with van der Waals surface area (Å²) in [6, 6.07) is 0. The topological polar surface area (TPSA) is 88.5 Å². The Labute approximate surface area is 151 Å². The van der Waals surface area contributed by atoms with Crippen molar-refractivity contribution in [2.75, 3.05) is 0 Å². The van der Waals surface area contributed by atoms with E-state index in [1.807, 2.05) is 0 Å². The third-order valence-electron chi connectivity index (χ3n) is 4.35. The number of carbonyl (C=O) groups is 4. The van der Waals surface area contributed by atoms with E-state index in [0.717, 1.165) is 57.8 Å². The molecule has 0 bridgehead atoms. The van der Waals surface area contributed by atoms with Crippen LogP contribution in [0.25, 0.3) is 0 Å². The fraction of sp³-hybridized carbons (Fsp3) is 0.800. The number of carboxylic acids is 1. The van der Waals surface area contributed by atoms with Gasteiger partial charge >= 0.3 is 5.97 Å². The maximum atomic E-state index is 12.1. The van der Waals surface area contributed by atoms with Gasteiger partial charge in [-0.25, -0.2) is 0 Å². The van der Waals surface area contributed by atoms with Crippen LogP contribution in [-0.2, 0) is 19.2 Å². The van der Waals surface area contributed by atoms with Gasteiger partial charge in [0.1, 0.15) is 5.78 Å². The summed E-state index contributed by atoms with van der Waals surface area (Å²) in [7, 11) is 0. The van der Waals surface area contributed by atoms with E-state index in [9.17, 15) is 24.3 Å². The summed E-state index contributed by atoms with van der Waals surface area (Å²) >= 11 is 0. The molecule has 1 N–H and O–H groups in total.